The third-order valence-corrected chi connectivity index (χ3v) is 4.03. The fourth-order valence-electron chi connectivity index (χ4n) is 2.47. The van der Waals surface area contributed by atoms with E-state index in [-0.39, 0.29) is 26.8 Å². The molecule has 0 radical (unpaired) electrons. The number of unbranched alkanes of at least 4 members (excludes halogenated alkanes) is 9. The van der Waals surface area contributed by atoms with Crippen molar-refractivity contribution in [3.05, 3.63) is 0 Å². The minimum absolute atomic E-state index is 0. The zero-order valence-electron chi connectivity index (χ0n) is 15.9. The third kappa shape index (κ3) is 22.9. The number of carbonyl (C=O) groups is 2. The van der Waals surface area contributed by atoms with E-state index in [1.165, 1.54) is 38.5 Å². The largest absolute Gasteiger partial charge is 0.466 e. The molecular weight excluding hydrogens is 328 g/mol. The second-order valence-corrected chi connectivity index (χ2v) is 6.48. The highest BCUT2D eigenvalue weighted by Gasteiger charge is 2.06. The van der Waals surface area contributed by atoms with Gasteiger partial charge in [-0.15, -0.1) is 0 Å². The molecule has 0 aromatic carbocycles. The molecule has 158 valence electrons. The molecule has 0 saturated carbocycles. The predicted molar refractivity (Wildman–Crippen MR) is 111 cm³/mol. The van der Waals surface area contributed by atoms with Gasteiger partial charge in [0.2, 0.25) is 0 Å². The van der Waals surface area contributed by atoms with E-state index in [4.69, 9.17) is 9.47 Å². The summed E-state index contributed by atoms with van der Waals surface area (Å²) in [6, 6.07) is 0. The standard InChI is InChI=1S/C20H38O4.2CH4/c1-3-5-7-9-13-17-23-19(21)15-11-12-16-20(22)24-18-14-10-8-6-4-2;;/h3-18H2,1-2H3;2*1H4. The fourth-order valence-corrected chi connectivity index (χ4v) is 2.47. The minimum Gasteiger partial charge on any atom is -0.466 e. The van der Waals surface area contributed by atoms with Gasteiger partial charge in [0.15, 0.2) is 0 Å². The molecule has 0 bridgehead atoms. The van der Waals surface area contributed by atoms with Gasteiger partial charge in [-0.3, -0.25) is 9.59 Å². The fraction of sp³-hybridized carbons (Fsp3) is 0.909. The first-order valence-electron chi connectivity index (χ1n) is 10.0. The van der Waals surface area contributed by atoms with Crippen LogP contribution in [0.5, 0.6) is 0 Å². The average molecular weight is 375 g/mol. The Bertz CT molecular complexity index is 273. The van der Waals surface area contributed by atoms with Crippen LogP contribution in [0.15, 0.2) is 0 Å². The maximum absolute atomic E-state index is 11.5. The number of carbonyl (C=O) groups excluding carboxylic acids is 2. The van der Waals surface area contributed by atoms with Crippen molar-refractivity contribution in [2.45, 2.75) is 119 Å². The number of hydrogen-bond donors (Lipinski definition) is 0. The Kier molecular flexibility index (Phi) is 27.3. The van der Waals surface area contributed by atoms with Crippen molar-refractivity contribution in [2.75, 3.05) is 13.2 Å². The van der Waals surface area contributed by atoms with Gasteiger partial charge in [0.05, 0.1) is 13.2 Å². The number of ether oxygens (including phenoxy) is 2. The topological polar surface area (TPSA) is 52.6 Å². The number of hydrogen-bond acceptors (Lipinski definition) is 4. The molecule has 0 spiro atoms. The minimum atomic E-state index is -0.144. The van der Waals surface area contributed by atoms with Crippen LogP contribution in [0.1, 0.15) is 119 Å². The smallest absolute Gasteiger partial charge is 0.305 e. The highest BCUT2D eigenvalue weighted by atomic mass is 16.5. The second-order valence-electron chi connectivity index (χ2n) is 6.48. The third-order valence-electron chi connectivity index (χ3n) is 4.03. The normalized spacial score (nSPS) is 9.77. The number of rotatable bonds is 17. The van der Waals surface area contributed by atoms with Crippen LogP contribution in [-0.2, 0) is 19.1 Å². The van der Waals surface area contributed by atoms with Crippen LogP contribution in [0.3, 0.4) is 0 Å². The molecule has 0 aromatic heterocycles. The molecule has 0 aliphatic rings. The summed E-state index contributed by atoms with van der Waals surface area (Å²) in [5.41, 5.74) is 0. The van der Waals surface area contributed by atoms with Crippen LogP contribution in [0, 0.1) is 0 Å². The summed E-state index contributed by atoms with van der Waals surface area (Å²) in [4.78, 5) is 23.1. The molecule has 0 rings (SSSR count). The molecule has 4 nitrogen and oxygen atoms in total. The Morgan fingerprint density at radius 1 is 0.538 bits per heavy atom. The Morgan fingerprint density at radius 2 is 0.885 bits per heavy atom. The van der Waals surface area contributed by atoms with E-state index in [9.17, 15) is 9.59 Å². The summed E-state index contributed by atoms with van der Waals surface area (Å²) in [6.07, 6.45) is 13.7. The Hall–Kier alpha value is -1.06. The van der Waals surface area contributed by atoms with E-state index in [1.807, 2.05) is 0 Å². The lowest BCUT2D eigenvalue weighted by Crippen LogP contribution is -2.08. The Balaban J connectivity index is -0.00000264. The monoisotopic (exact) mass is 374 g/mol. The van der Waals surface area contributed by atoms with E-state index in [0.29, 0.717) is 38.9 Å². The first kappa shape index (κ1) is 29.7. The average Bonchev–Trinajstić information content (AvgIpc) is 2.58. The van der Waals surface area contributed by atoms with Gasteiger partial charge in [0.1, 0.15) is 0 Å². The molecule has 4 heteroatoms. The molecule has 0 aliphatic carbocycles. The van der Waals surface area contributed by atoms with Crippen molar-refractivity contribution in [1.29, 1.82) is 0 Å². The van der Waals surface area contributed by atoms with Crippen molar-refractivity contribution in [3.8, 4) is 0 Å². The van der Waals surface area contributed by atoms with Gasteiger partial charge in [0, 0.05) is 12.8 Å². The van der Waals surface area contributed by atoms with Crippen LogP contribution >= 0.6 is 0 Å². The van der Waals surface area contributed by atoms with Gasteiger partial charge in [-0.05, 0) is 25.7 Å². The molecule has 0 N–H and O–H groups in total. The van der Waals surface area contributed by atoms with Crippen LogP contribution in [-0.4, -0.2) is 25.2 Å². The van der Waals surface area contributed by atoms with Gasteiger partial charge in [-0.2, -0.15) is 0 Å². The van der Waals surface area contributed by atoms with E-state index < -0.39 is 0 Å². The van der Waals surface area contributed by atoms with Gasteiger partial charge < -0.3 is 9.47 Å². The number of esters is 2. The first-order chi connectivity index (χ1) is 11.7. The lowest BCUT2D eigenvalue weighted by molar-refractivity contribution is -0.146. The maximum Gasteiger partial charge on any atom is 0.305 e. The summed E-state index contributed by atoms with van der Waals surface area (Å²) in [7, 11) is 0. The van der Waals surface area contributed by atoms with Crippen molar-refractivity contribution >= 4 is 11.9 Å². The lowest BCUT2D eigenvalue weighted by Gasteiger charge is -2.06. The molecule has 0 fully saturated rings. The van der Waals surface area contributed by atoms with E-state index in [0.717, 1.165) is 25.7 Å². The molecule has 0 aliphatic heterocycles. The van der Waals surface area contributed by atoms with E-state index in [2.05, 4.69) is 13.8 Å². The second kappa shape index (κ2) is 23.9. The summed E-state index contributed by atoms with van der Waals surface area (Å²) < 4.78 is 10.4. The Morgan fingerprint density at radius 3 is 1.23 bits per heavy atom. The highest BCUT2D eigenvalue weighted by Crippen LogP contribution is 2.07. The van der Waals surface area contributed by atoms with Crippen LogP contribution in [0.4, 0.5) is 0 Å². The predicted octanol–water partition coefficient (Wildman–Crippen LogP) is 6.85. The quantitative estimate of drug-likeness (QED) is 0.206. The first-order valence-corrected chi connectivity index (χ1v) is 10.0. The molecule has 0 saturated heterocycles. The molecule has 0 atom stereocenters. The summed E-state index contributed by atoms with van der Waals surface area (Å²) in [5.74, 6) is -0.287. The zero-order valence-corrected chi connectivity index (χ0v) is 15.9. The van der Waals surface area contributed by atoms with Crippen LogP contribution in [0.2, 0.25) is 0 Å². The Labute approximate surface area is 163 Å². The molecular formula is C22H46O4. The van der Waals surface area contributed by atoms with E-state index in [1.54, 1.807) is 0 Å². The SMILES string of the molecule is C.C.CCCCCCCOC(=O)CCCCC(=O)OCCCCCCC. The van der Waals surface area contributed by atoms with Gasteiger partial charge in [-0.25, -0.2) is 0 Å². The zero-order chi connectivity index (χ0) is 17.9. The molecule has 0 heterocycles. The van der Waals surface area contributed by atoms with Crippen molar-refractivity contribution in [2.24, 2.45) is 0 Å². The summed E-state index contributed by atoms with van der Waals surface area (Å²) in [6.45, 7) is 5.43. The van der Waals surface area contributed by atoms with Crippen LogP contribution < -0.4 is 0 Å². The molecule has 0 amide bonds. The highest BCUT2D eigenvalue weighted by molar-refractivity contribution is 5.70. The van der Waals surface area contributed by atoms with Crippen LogP contribution in [0.25, 0.3) is 0 Å². The van der Waals surface area contributed by atoms with Gasteiger partial charge >= 0.3 is 11.9 Å². The molecule has 0 aromatic rings. The lowest BCUT2D eigenvalue weighted by atomic mass is 10.1. The van der Waals surface area contributed by atoms with Crippen molar-refractivity contribution < 1.29 is 19.1 Å². The molecule has 26 heavy (non-hydrogen) atoms. The van der Waals surface area contributed by atoms with Crippen molar-refractivity contribution in [3.63, 3.8) is 0 Å². The maximum atomic E-state index is 11.5. The summed E-state index contributed by atoms with van der Waals surface area (Å²) >= 11 is 0. The molecule has 0 unspecified atom stereocenters. The van der Waals surface area contributed by atoms with Crippen molar-refractivity contribution in [1.82, 2.24) is 0 Å². The van der Waals surface area contributed by atoms with E-state index >= 15 is 0 Å². The summed E-state index contributed by atoms with van der Waals surface area (Å²) in [5, 5.41) is 0. The van der Waals surface area contributed by atoms with Gasteiger partial charge in [-0.1, -0.05) is 80.1 Å². The van der Waals surface area contributed by atoms with Gasteiger partial charge in [0.25, 0.3) is 0 Å².